The zero-order chi connectivity index (χ0) is 16.7. The van der Waals surface area contributed by atoms with E-state index >= 15 is 0 Å². The Kier molecular flexibility index (Phi) is 7.76. The molecule has 2 rings (SSSR count). The first kappa shape index (κ1) is 18.6. The Morgan fingerprint density at radius 2 is 2.22 bits per heavy atom. The summed E-state index contributed by atoms with van der Waals surface area (Å²) in [6, 6.07) is 7.60. The molecule has 0 saturated carbocycles. The van der Waals surface area contributed by atoms with E-state index in [0.717, 1.165) is 25.2 Å². The topological polar surface area (TPSA) is 45.2 Å². The molecule has 0 radical (unpaired) electrons. The summed E-state index contributed by atoms with van der Waals surface area (Å²) in [6.45, 7) is 4.65. The highest BCUT2D eigenvalue weighted by atomic mass is 35.5. The lowest BCUT2D eigenvalue weighted by Crippen LogP contribution is -2.49. The lowest BCUT2D eigenvalue weighted by Gasteiger charge is -2.35. The van der Waals surface area contributed by atoms with Gasteiger partial charge in [-0.1, -0.05) is 29.8 Å². The predicted molar refractivity (Wildman–Crippen MR) is 91.8 cm³/mol. The van der Waals surface area contributed by atoms with Crippen LogP contribution in [0.25, 0.3) is 0 Å². The molecular weight excluding hydrogens is 316 g/mol. The maximum atomic E-state index is 10.2. The Balaban J connectivity index is 1.68. The molecule has 0 spiro atoms. The Hall–Kier alpha value is -0.690. The quantitative estimate of drug-likeness (QED) is 0.775. The van der Waals surface area contributed by atoms with Crippen LogP contribution in [0.2, 0.25) is 5.02 Å². The zero-order valence-electron chi connectivity index (χ0n) is 13.9. The molecule has 1 heterocycles. The highest BCUT2D eigenvalue weighted by Gasteiger charge is 2.22. The second kappa shape index (κ2) is 9.57. The van der Waals surface area contributed by atoms with Gasteiger partial charge in [-0.25, -0.2) is 0 Å². The van der Waals surface area contributed by atoms with E-state index in [2.05, 4.69) is 9.80 Å². The molecule has 0 bridgehead atoms. The third-order valence-corrected chi connectivity index (χ3v) is 4.16. The maximum absolute atomic E-state index is 10.2. The average molecular weight is 343 g/mol. The molecule has 6 heteroatoms. The van der Waals surface area contributed by atoms with E-state index in [-0.39, 0.29) is 6.10 Å². The number of likely N-dealkylation sites (N-methyl/N-ethyl adjacent to an activating group) is 1. The monoisotopic (exact) mass is 342 g/mol. The van der Waals surface area contributed by atoms with E-state index in [1.807, 2.05) is 38.4 Å². The maximum Gasteiger partial charge on any atom is 0.0900 e. The second-order valence-electron chi connectivity index (χ2n) is 6.27. The summed E-state index contributed by atoms with van der Waals surface area (Å²) < 4.78 is 11.3. The van der Waals surface area contributed by atoms with Crippen molar-refractivity contribution in [3.63, 3.8) is 0 Å². The molecule has 1 aliphatic heterocycles. The Morgan fingerprint density at radius 3 is 2.96 bits per heavy atom. The molecule has 1 aromatic rings. The van der Waals surface area contributed by atoms with Crippen LogP contribution in [0.3, 0.4) is 0 Å². The van der Waals surface area contributed by atoms with Crippen molar-refractivity contribution in [1.29, 1.82) is 0 Å². The molecule has 1 saturated heterocycles. The van der Waals surface area contributed by atoms with Gasteiger partial charge in [0.15, 0.2) is 0 Å². The molecule has 1 fully saturated rings. The van der Waals surface area contributed by atoms with Crippen LogP contribution in [0.1, 0.15) is 5.56 Å². The summed E-state index contributed by atoms with van der Waals surface area (Å²) in [5.41, 5.74) is 0.943. The van der Waals surface area contributed by atoms with Crippen LogP contribution >= 0.6 is 11.6 Å². The van der Waals surface area contributed by atoms with Crippen molar-refractivity contribution in [2.45, 2.75) is 18.8 Å². The summed E-state index contributed by atoms with van der Waals surface area (Å²) in [6.07, 6.45) is -0.300. The number of nitrogens with zero attached hydrogens (tertiary/aromatic N) is 2. The van der Waals surface area contributed by atoms with Gasteiger partial charge in [-0.15, -0.1) is 0 Å². The van der Waals surface area contributed by atoms with Gasteiger partial charge >= 0.3 is 0 Å². The summed E-state index contributed by atoms with van der Waals surface area (Å²) in [5.74, 6) is 0. The number of aliphatic hydroxyl groups is 1. The van der Waals surface area contributed by atoms with Crippen LogP contribution in [0, 0.1) is 0 Å². The van der Waals surface area contributed by atoms with Crippen molar-refractivity contribution in [3.8, 4) is 0 Å². The van der Waals surface area contributed by atoms with E-state index in [9.17, 15) is 5.11 Å². The van der Waals surface area contributed by atoms with Gasteiger partial charge in [0.1, 0.15) is 0 Å². The van der Waals surface area contributed by atoms with Gasteiger partial charge in [0.2, 0.25) is 0 Å². The minimum absolute atomic E-state index is 0.204. The van der Waals surface area contributed by atoms with E-state index in [0.29, 0.717) is 31.4 Å². The van der Waals surface area contributed by atoms with Crippen molar-refractivity contribution < 1.29 is 14.6 Å². The molecule has 0 amide bonds. The summed E-state index contributed by atoms with van der Waals surface area (Å²) in [4.78, 5) is 4.36. The van der Waals surface area contributed by atoms with Crippen LogP contribution in [0.4, 0.5) is 0 Å². The molecule has 5 nitrogen and oxygen atoms in total. The molecule has 1 aromatic carbocycles. The van der Waals surface area contributed by atoms with Gasteiger partial charge in [-0.05, 0) is 25.7 Å². The van der Waals surface area contributed by atoms with Crippen molar-refractivity contribution in [2.75, 3.05) is 53.5 Å². The van der Waals surface area contributed by atoms with E-state index in [1.165, 1.54) is 0 Å². The highest BCUT2D eigenvalue weighted by Crippen LogP contribution is 2.15. The highest BCUT2D eigenvalue weighted by molar-refractivity contribution is 6.31. The first-order chi connectivity index (χ1) is 11.0. The van der Waals surface area contributed by atoms with Gasteiger partial charge < -0.3 is 19.5 Å². The molecule has 2 unspecified atom stereocenters. The molecule has 130 valence electrons. The van der Waals surface area contributed by atoms with Gasteiger partial charge in [0.05, 0.1) is 32.0 Å². The zero-order valence-corrected chi connectivity index (χ0v) is 14.7. The smallest absolute Gasteiger partial charge is 0.0900 e. The summed E-state index contributed by atoms with van der Waals surface area (Å²) >= 11 is 6.08. The van der Waals surface area contributed by atoms with Crippen molar-refractivity contribution in [1.82, 2.24) is 9.80 Å². The van der Waals surface area contributed by atoms with Gasteiger partial charge in [0, 0.05) is 31.2 Å². The summed E-state index contributed by atoms with van der Waals surface area (Å²) in [5, 5.41) is 10.9. The average Bonchev–Trinajstić information content (AvgIpc) is 2.49. The van der Waals surface area contributed by atoms with Crippen molar-refractivity contribution in [3.05, 3.63) is 34.9 Å². The number of hydrogen-bond acceptors (Lipinski definition) is 5. The Bertz CT molecular complexity index is 473. The summed E-state index contributed by atoms with van der Waals surface area (Å²) in [7, 11) is 4.08. The number of ether oxygens (including phenoxy) is 2. The number of β-amino-alcohol motifs (C(OH)–C–C–N with tert-alkyl or cyclic N) is 1. The number of aliphatic hydroxyl groups excluding tert-OH is 1. The van der Waals surface area contributed by atoms with Crippen LogP contribution in [0.15, 0.2) is 24.3 Å². The molecule has 0 aromatic heterocycles. The first-order valence-electron chi connectivity index (χ1n) is 8.02. The molecular formula is C17H27ClN2O3. The minimum Gasteiger partial charge on any atom is -0.389 e. The predicted octanol–water partition coefficient (Wildman–Crippen LogP) is 1.48. The number of morpholine rings is 1. The third kappa shape index (κ3) is 6.75. The van der Waals surface area contributed by atoms with E-state index < -0.39 is 6.10 Å². The SMILES string of the molecule is CN(C)CC1CN(CC(O)COCc2ccccc2Cl)CCO1. The first-order valence-corrected chi connectivity index (χ1v) is 8.40. The standard InChI is InChI=1S/C17H27ClN2O3/c1-19(2)10-16-11-20(7-8-23-16)9-15(21)13-22-12-14-5-3-4-6-17(14)18/h3-6,15-16,21H,7-13H2,1-2H3. The van der Waals surface area contributed by atoms with Crippen LogP contribution in [-0.2, 0) is 16.1 Å². The van der Waals surface area contributed by atoms with Gasteiger partial charge in [-0.2, -0.15) is 0 Å². The number of rotatable bonds is 8. The lowest BCUT2D eigenvalue weighted by molar-refractivity contribution is -0.0584. The van der Waals surface area contributed by atoms with Crippen LogP contribution < -0.4 is 0 Å². The number of hydrogen-bond donors (Lipinski definition) is 1. The minimum atomic E-state index is -0.504. The molecule has 1 aliphatic rings. The van der Waals surface area contributed by atoms with E-state index in [1.54, 1.807) is 0 Å². The largest absolute Gasteiger partial charge is 0.389 e. The third-order valence-electron chi connectivity index (χ3n) is 3.79. The number of halogens is 1. The van der Waals surface area contributed by atoms with Gasteiger partial charge in [-0.3, -0.25) is 4.90 Å². The molecule has 1 N–H and O–H groups in total. The molecule has 0 aliphatic carbocycles. The Labute approximate surface area is 143 Å². The van der Waals surface area contributed by atoms with E-state index in [4.69, 9.17) is 21.1 Å². The fourth-order valence-corrected chi connectivity index (χ4v) is 2.93. The fourth-order valence-electron chi connectivity index (χ4n) is 2.74. The lowest BCUT2D eigenvalue weighted by atomic mass is 10.2. The molecule has 23 heavy (non-hydrogen) atoms. The second-order valence-corrected chi connectivity index (χ2v) is 6.68. The van der Waals surface area contributed by atoms with Crippen molar-refractivity contribution >= 4 is 11.6 Å². The number of benzene rings is 1. The Morgan fingerprint density at radius 1 is 1.43 bits per heavy atom. The van der Waals surface area contributed by atoms with Crippen LogP contribution in [0.5, 0.6) is 0 Å². The van der Waals surface area contributed by atoms with Crippen molar-refractivity contribution in [2.24, 2.45) is 0 Å². The van der Waals surface area contributed by atoms with Gasteiger partial charge in [0.25, 0.3) is 0 Å². The molecule has 2 atom stereocenters. The fraction of sp³-hybridized carbons (Fsp3) is 0.647. The normalized spacial score (nSPS) is 20.8. The van der Waals surface area contributed by atoms with Crippen LogP contribution in [-0.4, -0.2) is 80.6 Å².